The number of halogens is 1. The third-order valence-corrected chi connectivity index (χ3v) is 4.78. The number of para-hydroxylation sites is 2. The van der Waals surface area contributed by atoms with Crippen LogP contribution in [0.5, 0.6) is 0 Å². The maximum Gasteiger partial charge on any atom is 0.279 e. The molecular weight excluding hydrogens is 390 g/mol. The van der Waals surface area contributed by atoms with Gasteiger partial charge in [-0.25, -0.2) is 10.1 Å². The molecule has 4 rings (SSSR count). The summed E-state index contributed by atoms with van der Waals surface area (Å²) < 4.78 is 0. The first-order valence-electron chi connectivity index (χ1n) is 8.14. The number of carbonyl (C=O) groups is 3. The molecule has 2 aromatic rings. The van der Waals surface area contributed by atoms with E-state index in [4.69, 9.17) is 16.4 Å². The fraction of sp³-hybridized carbons (Fsp3) is 0.111. The summed E-state index contributed by atoms with van der Waals surface area (Å²) in [6, 6.07) is 11.6. The Bertz CT molecular complexity index is 1020. The fourth-order valence-electron chi connectivity index (χ4n) is 3.20. The van der Waals surface area contributed by atoms with Gasteiger partial charge in [-0.3, -0.25) is 14.4 Å². The topological polar surface area (TPSA) is 124 Å². The first-order chi connectivity index (χ1) is 13.4. The van der Waals surface area contributed by atoms with Gasteiger partial charge in [0.05, 0.1) is 0 Å². The molecule has 2 N–H and O–H groups in total. The number of anilines is 1. The van der Waals surface area contributed by atoms with Crippen LogP contribution in [0.2, 0.25) is 5.02 Å². The fourth-order valence-corrected chi connectivity index (χ4v) is 3.33. The van der Waals surface area contributed by atoms with Crippen molar-refractivity contribution in [2.45, 2.75) is 6.10 Å². The number of amides is 2. The van der Waals surface area contributed by atoms with E-state index in [9.17, 15) is 24.8 Å². The molecule has 10 heteroatoms. The number of imide groups is 1. The third kappa shape index (κ3) is 2.77. The van der Waals surface area contributed by atoms with Crippen LogP contribution in [0.15, 0.2) is 53.7 Å². The number of Topliss-reactive ketones (excluding diaryl/α,β-unsaturated/α-hetero) is 1. The predicted octanol–water partition coefficient (Wildman–Crippen LogP) is 0.871. The van der Waals surface area contributed by atoms with E-state index in [0.29, 0.717) is 5.02 Å². The maximum atomic E-state index is 13.0. The Balaban J connectivity index is 1.69. The Morgan fingerprint density at radius 2 is 1.82 bits per heavy atom. The lowest BCUT2D eigenvalue weighted by Gasteiger charge is -2.20. The van der Waals surface area contributed by atoms with E-state index in [0.717, 1.165) is 4.90 Å². The van der Waals surface area contributed by atoms with Gasteiger partial charge in [-0.15, -0.1) is 0 Å². The van der Waals surface area contributed by atoms with Crippen molar-refractivity contribution in [1.82, 2.24) is 0 Å². The van der Waals surface area contributed by atoms with Gasteiger partial charge in [0.1, 0.15) is 17.3 Å². The summed E-state index contributed by atoms with van der Waals surface area (Å²) >= 11 is 5.82. The van der Waals surface area contributed by atoms with Crippen LogP contribution in [-0.4, -0.2) is 34.6 Å². The van der Waals surface area contributed by atoms with Crippen molar-refractivity contribution in [2.75, 3.05) is 4.90 Å². The molecule has 2 heterocycles. The highest BCUT2D eigenvalue weighted by molar-refractivity contribution is 6.52. The van der Waals surface area contributed by atoms with Crippen LogP contribution in [0.4, 0.5) is 11.4 Å². The Labute approximate surface area is 162 Å². The Kier molecular flexibility index (Phi) is 4.44. The van der Waals surface area contributed by atoms with Crippen molar-refractivity contribution in [2.24, 2.45) is 11.1 Å². The van der Waals surface area contributed by atoms with Crippen LogP contribution in [0.25, 0.3) is 0 Å². The van der Waals surface area contributed by atoms with E-state index >= 15 is 0 Å². The summed E-state index contributed by atoms with van der Waals surface area (Å²) in [7, 11) is 0. The Hall–Kier alpha value is -3.11. The molecule has 0 aromatic heterocycles. The molecule has 2 aliphatic rings. The molecule has 1 saturated heterocycles. The molecule has 9 nitrogen and oxygen atoms in total. The van der Waals surface area contributed by atoms with Gasteiger partial charge >= 0.3 is 0 Å². The van der Waals surface area contributed by atoms with Crippen LogP contribution in [0.1, 0.15) is 10.4 Å². The number of nitrogens with one attached hydrogen (secondary N) is 1. The Morgan fingerprint density at radius 1 is 1.14 bits per heavy atom. The predicted molar refractivity (Wildman–Crippen MR) is 96.3 cm³/mol. The van der Waals surface area contributed by atoms with Crippen molar-refractivity contribution in [3.8, 4) is 0 Å². The van der Waals surface area contributed by atoms with E-state index in [1.165, 1.54) is 48.5 Å². The van der Waals surface area contributed by atoms with Gasteiger partial charge in [0.15, 0.2) is 5.69 Å². The minimum absolute atomic E-state index is 0.0821. The molecule has 0 spiro atoms. The highest BCUT2D eigenvalue weighted by Crippen LogP contribution is 2.36. The maximum absolute atomic E-state index is 13.0. The number of fused-ring (bicyclic) bond motifs is 1. The first-order valence-corrected chi connectivity index (χ1v) is 8.52. The lowest BCUT2D eigenvalue weighted by molar-refractivity contribution is -0.990. The summed E-state index contributed by atoms with van der Waals surface area (Å²) in [5.74, 6) is -3.34. The molecule has 0 radical (unpaired) electrons. The van der Waals surface area contributed by atoms with Crippen molar-refractivity contribution in [3.63, 3.8) is 0 Å². The summed E-state index contributed by atoms with van der Waals surface area (Å²) in [5, 5.41) is 23.6. The van der Waals surface area contributed by atoms with E-state index < -0.39 is 34.8 Å². The zero-order chi connectivity index (χ0) is 20.0. The molecule has 2 aliphatic heterocycles. The average Bonchev–Trinajstić information content (AvgIpc) is 3.22. The third-order valence-electron chi connectivity index (χ3n) is 4.53. The first kappa shape index (κ1) is 18.3. The smallest absolute Gasteiger partial charge is 0.279 e. The van der Waals surface area contributed by atoms with Gasteiger partial charge in [0.2, 0.25) is 17.8 Å². The van der Waals surface area contributed by atoms with Crippen LogP contribution in [0.3, 0.4) is 0 Å². The zero-order valence-corrected chi connectivity index (χ0v) is 14.8. The van der Waals surface area contributed by atoms with Crippen LogP contribution < -0.4 is 10.1 Å². The van der Waals surface area contributed by atoms with Crippen LogP contribution in [0, 0.1) is 11.1 Å². The lowest BCUT2D eigenvalue weighted by Crippen LogP contribution is -2.99. The number of oxime groups is 1. The molecule has 1 fully saturated rings. The summed E-state index contributed by atoms with van der Waals surface area (Å²) in [4.78, 5) is 44.2. The van der Waals surface area contributed by atoms with Gasteiger partial charge in [0.25, 0.3) is 5.91 Å². The number of benzene rings is 2. The van der Waals surface area contributed by atoms with Crippen LogP contribution in [-0.2, 0) is 14.4 Å². The van der Waals surface area contributed by atoms with Gasteiger partial charge in [0, 0.05) is 16.7 Å². The molecule has 0 aliphatic carbocycles. The normalized spacial score (nSPS) is 22.0. The van der Waals surface area contributed by atoms with Crippen molar-refractivity contribution < 1.29 is 29.7 Å². The molecule has 0 saturated carbocycles. The quantitative estimate of drug-likeness (QED) is 0.445. The molecule has 0 bridgehead atoms. The standard InChI is InChI=1S/C18H12ClN3O6/c19-10-7-5-9(6-8-10)15(23)14-13-16(28-20-14)18(25)21(17(13)24)11-3-1-2-4-12(11)22(26)27/h1-8,13,16,22,26H. The molecule has 142 valence electrons. The van der Waals surface area contributed by atoms with E-state index in [1.807, 2.05) is 0 Å². The largest absolute Gasteiger partial charge is 0.595 e. The number of carbonyl (C=O) groups excluding carboxylic acids is 3. The Morgan fingerprint density at radius 3 is 2.50 bits per heavy atom. The molecule has 2 amide bonds. The summed E-state index contributed by atoms with van der Waals surface area (Å²) in [6.07, 6.45) is -1.30. The number of hydrogen-bond donors (Lipinski definition) is 2. The molecular formula is C18H12ClN3O6. The number of hydrogen-bond acceptors (Lipinski definition) is 7. The second-order valence-electron chi connectivity index (χ2n) is 6.15. The number of nitrogens with zero attached hydrogens (tertiary/aromatic N) is 2. The monoisotopic (exact) mass is 401 g/mol. The molecule has 3 atom stereocenters. The van der Waals surface area contributed by atoms with Crippen molar-refractivity contribution in [1.29, 1.82) is 0 Å². The van der Waals surface area contributed by atoms with E-state index in [1.54, 1.807) is 0 Å². The number of quaternary nitrogens is 1. The van der Waals surface area contributed by atoms with Crippen LogP contribution >= 0.6 is 11.6 Å². The summed E-state index contributed by atoms with van der Waals surface area (Å²) in [6.45, 7) is 0. The van der Waals surface area contributed by atoms with E-state index in [-0.39, 0.29) is 22.6 Å². The van der Waals surface area contributed by atoms with Crippen molar-refractivity contribution >= 4 is 46.3 Å². The van der Waals surface area contributed by atoms with Gasteiger partial charge in [-0.2, -0.15) is 5.23 Å². The zero-order valence-electron chi connectivity index (χ0n) is 14.0. The second-order valence-corrected chi connectivity index (χ2v) is 6.59. The number of ketones is 1. The average molecular weight is 402 g/mol. The minimum Gasteiger partial charge on any atom is -0.595 e. The van der Waals surface area contributed by atoms with Crippen molar-refractivity contribution in [3.05, 3.63) is 64.3 Å². The molecule has 28 heavy (non-hydrogen) atoms. The lowest BCUT2D eigenvalue weighted by atomic mass is 9.93. The second kappa shape index (κ2) is 6.80. The SMILES string of the molecule is O=C(C1=NOC2C(=O)N(c3ccccc3[NH+]([O-])O)C(=O)C12)c1ccc(Cl)cc1. The molecule has 2 aromatic carbocycles. The summed E-state index contributed by atoms with van der Waals surface area (Å²) in [5.41, 5.74) is -0.272. The highest BCUT2D eigenvalue weighted by atomic mass is 35.5. The minimum atomic E-state index is -1.30. The molecule has 3 unspecified atom stereocenters. The van der Waals surface area contributed by atoms with Gasteiger partial charge < -0.3 is 10.0 Å². The highest BCUT2D eigenvalue weighted by Gasteiger charge is 2.58. The van der Waals surface area contributed by atoms with Gasteiger partial charge in [-0.1, -0.05) is 28.9 Å². The van der Waals surface area contributed by atoms with Gasteiger partial charge in [-0.05, 0) is 30.3 Å². The van der Waals surface area contributed by atoms with E-state index in [2.05, 4.69) is 5.16 Å². The number of rotatable bonds is 4.